The van der Waals surface area contributed by atoms with Gasteiger partial charge in [-0.1, -0.05) is 13.8 Å². The zero-order valence-electron chi connectivity index (χ0n) is 13.9. The Labute approximate surface area is 136 Å². The van der Waals surface area contributed by atoms with Crippen LogP contribution in [0, 0.1) is 5.92 Å². The quantitative estimate of drug-likeness (QED) is 0.800. The van der Waals surface area contributed by atoms with E-state index in [0.29, 0.717) is 19.1 Å². The Morgan fingerprint density at radius 2 is 2.32 bits per heavy atom. The minimum absolute atomic E-state index is 0.0435. The lowest BCUT2D eigenvalue weighted by molar-refractivity contribution is -0.135. The Morgan fingerprint density at radius 3 is 2.95 bits per heavy atom. The summed E-state index contributed by atoms with van der Waals surface area (Å²) in [5, 5.41) is 0.945. The van der Waals surface area contributed by atoms with Crippen molar-refractivity contribution in [3.8, 4) is 0 Å². The summed E-state index contributed by atoms with van der Waals surface area (Å²) >= 11 is 1.44. The summed E-state index contributed by atoms with van der Waals surface area (Å²) in [5.41, 5.74) is 0. The van der Waals surface area contributed by atoms with E-state index >= 15 is 0 Å². The van der Waals surface area contributed by atoms with Crippen molar-refractivity contribution in [2.45, 2.75) is 32.6 Å². The number of likely N-dealkylation sites (N-methyl/N-ethyl adjacent to an activating group) is 1. The second-order valence-corrected chi connectivity index (χ2v) is 6.86. The third-order valence-corrected chi connectivity index (χ3v) is 4.79. The van der Waals surface area contributed by atoms with Crippen LogP contribution in [0.15, 0.2) is 0 Å². The molecule has 1 atom stereocenters. The molecule has 0 saturated carbocycles. The molecule has 2 rings (SSSR count). The van der Waals surface area contributed by atoms with Gasteiger partial charge in [-0.05, 0) is 12.8 Å². The molecule has 0 aromatic carbocycles. The Balaban J connectivity index is 1.97. The number of hydrogen-bond donors (Lipinski definition) is 0. The molecule has 0 radical (unpaired) electrons. The van der Waals surface area contributed by atoms with Gasteiger partial charge in [-0.2, -0.15) is 4.37 Å². The summed E-state index contributed by atoms with van der Waals surface area (Å²) in [6, 6.07) is 0. The maximum atomic E-state index is 12.5. The highest BCUT2D eigenvalue weighted by molar-refractivity contribution is 7.09. The highest BCUT2D eigenvalue weighted by Gasteiger charge is 2.29. The topological polar surface area (TPSA) is 58.6 Å². The molecule has 2 heterocycles. The average Bonchev–Trinajstić information content (AvgIpc) is 3.02. The van der Waals surface area contributed by atoms with Gasteiger partial charge >= 0.3 is 0 Å². The first-order chi connectivity index (χ1) is 10.5. The van der Waals surface area contributed by atoms with Crippen molar-refractivity contribution in [2.75, 3.05) is 45.3 Å². The molecule has 1 aromatic rings. The van der Waals surface area contributed by atoms with Crippen LogP contribution < -0.4 is 4.90 Å². The number of nitrogens with zero attached hydrogens (tertiary/aromatic N) is 4. The van der Waals surface area contributed by atoms with E-state index in [4.69, 9.17) is 4.74 Å². The van der Waals surface area contributed by atoms with Gasteiger partial charge in [0.05, 0.1) is 12.5 Å². The molecule has 7 heteroatoms. The van der Waals surface area contributed by atoms with Crippen LogP contribution in [-0.4, -0.2) is 60.6 Å². The van der Waals surface area contributed by atoms with Crippen LogP contribution in [0.25, 0.3) is 0 Å². The van der Waals surface area contributed by atoms with E-state index in [9.17, 15) is 4.79 Å². The maximum Gasteiger partial charge on any atom is 0.227 e. The summed E-state index contributed by atoms with van der Waals surface area (Å²) in [7, 11) is 3.50. The largest absolute Gasteiger partial charge is 0.383 e. The van der Waals surface area contributed by atoms with E-state index in [1.54, 1.807) is 12.0 Å². The zero-order valence-corrected chi connectivity index (χ0v) is 14.7. The van der Waals surface area contributed by atoms with Crippen LogP contribution in [0.1, 0.15) is 38.4 Å². The van der Waals surface area contributed by atoms with Crippen LogP contribution in [-0.2, 0) is 9.53 Å². The second-order valence-electron chi connectivity index (χ2n) is 6.13. The fraction of sp³-hybridized carbons (Fsp3) is 0.800. The van der Waals surface area contributed by atoms with Crippen molar-refractivity contribution in [1.82, 2.24) is 14.3 Å². The van der Waals surface area contributed by atoms with E-state index < -0.39 is 0 Å². The molecule has 0 aliphatic carbocycles. The minimum Gasteiger partial charge on any atom is -0.383 e. The molecular formula is C15H26N4O2S. The molecule has 1 saturated heterocycles. The van der Waals surface area contributed by atoms with E-state index in [-0.39, 0.29) is 11.8 Å². The standard InChI is InChI=1S/C15H26N4O2S/c1-11(2)13-16-15(22-17-13)19-7-5-6-12(10-19)14(20)18(3)8-9-21-4/h11-12H,5-10H2,1-4H3. The lowest BCUT2D eigenvalue weighted by Gasteiger charge is -2.33. The first-order valence-electron chi connectivity index (χ1n) is 7.85. The molecule has 124 valence electrons. The highest BCUT2D eigenvalue weighted by atomic mass is 32.1. The predicted molar refractivity (Wildman–Crippen MR) is 88.4 cm³/mol. The van der Waals surface area contributed by atoms with Gasteiger partial charge in [0.2, 0.25) is 11.0 Å². The number of ether oxygens (including phenoxy) is 1. The molecule has 1 aromatic heterocycles. The summed E-state index contributed by atoms with van der Waals surface area (Å²) in [4.78, 5) is 21.1. The summed E-state index contributed by atoms with van der Waals surface area (Å²) in [6.45, 7) is 7.11. The third kappa shape index (κ3) is 4.16. The van der Waals surface area contributed by atoms with Crippen molar-refractivity contribution in [2.24, 2.45) is 5.92 Å². The summed E-state index contributed by atoms with van der Waals surface area (Å²) in [6.07, 6.45) is 1.97. The molecule has 6 nitrogen and oxygen atoms in total. The molecule has 22 heavy (non-hydrogen) atoms. The van der Waals surface area contributed by atoms with Crippen LogP contribution in [0.5, 0.6) is 0 Å². The van der Waals surface area contributed by atoms with Crippen LogP contribution >= 0.6 is 11.5 Å². The summed E-state index contributed by atoms with van der Waals surface area (Å²) in [5.74, 6) is 1.48. The van der Waals surface area contributed by atoms with Gasteiger partial charge < -0.3 is 14.5 Å². The first-order valence-corrected chi connectivity index (χ1v) is 8.62. The van der Waals surface area contributed by atoms with Crippen molar-refractivity contribution >= 4 is 22.6 Å². The zero-order chi connectivity index (χ0) is 16.1. The number of anilines is 1. The molecule has 1 unspecified atom stereocenters. The summed E-state index contributed by atoms with van der Waals surface area (Å²) < 4.78 is 9.46. The molecule has 1 aliphatic rings. The van der Waals surface area contributed by atoms with E-state index in [2.05, 4.69) is 28.1 Å². The highest BCUT2D eigenvalue weighted by Crippen LogP contribution is 2.27. The number of amides is 1. The van der Waals surface area contributed by atoms with Gasteiger partial charge in [0, 0.05) is 51.2 Å². The normalized spacial score (nSPS) is 18.8. The first kappa shape index (κ1) is 17.1. The molecule has 1 aliphatic heterocycles. The fourth-order valence-corrected chi connectivity index (χ4v) is 3.43. The monoisotopic (exact) mass is 326 g/mol. The molecule has 1 fully saturated rings. The predicted octanol–water partition coefficient (Wildman–Crippen LogP) is 1.98. The molecule has 0 spiro atoms. The molecule has 1 amide bonds. The van der Waals surface area contributed by atoms with Crippen LogP contribution in [0.2, 0.25) is 0 Å². The number of hydrogen-bond acceptors (Lipinski definition) is 6. The van der Waals surface area contributed by atoms with Crippen molar-refractivity contribution < 1.29 is 9.53 Å². The lowest BCUT2D eigenvalue weighted by atomic mass is 9.97. The Kier molecular flexibility index (Phi) is 6.14. The number of rotatable bonds is 6. The van der Waals surface area contributed by atoms with E-state index in [1.165, 1.54) is 11.5 Å². The Morgan fingerprint density at radius 1 is 1.55 bits per heavy atom. The lowest BCUT2D eigenvalue weighted by Crippen LogP contribution is -2.44. The van der Waals surface area contributed by atoms with E-state index in [0.717, 1.165) is 36.9 Å². The van der Waals surface area contributed by atoms with Gasteiger partial charge in [-0.15, -0.1) is 0 Å². The van der Waals surface area contributed by atoms with E-state index in [1.807, 2.05) is 7.05 Å². The van der Waals surface area contributed by atoms with Crippen molar-refractivity contribution in [3.05, 3.63) is 5.82 Å². The van der Waals surface area contributed by atoms with Crippen molar-refractivity contribution in [1.29, 1.82) is 0 Å². The van der Waals surface area contributed by atoms with Gasteiger partial charge in [0.25, 0.3) is 0 Å². The maximum absolute atomic E-state index is 12.5. The number of methoxy groups -OCH3 is 1. The number of carbonyl (C=O) groups is 1. The molecule has 0 N–H and O–H groups in total. The Hall–Kier alpha value is -1.21. The Bertz CT molecular complexity index is 492. The average molecular weight is 326 g/mol. The van der Waals surface area contributed by atoms with Gasteiger partial charge in [0.15, 0.2) is 0 Å². The fourth-order valence-electron chi connectivity index (χ4n) is 2.59. The van der Waals surface area contributed by atoms with Gasteiger partial charge in [-0.3, -0.25) is 4.79 Å². The minimum atomic E-state index is 0.0435. The smallest absolute Gasteiger partial charge is 0.227 e. The third-order valence-electron chi connectivity index (χ3n) is 4.00. The van der Waals surface area contributed by atoms with Crippen LogP contribution in [0.4, 0.5) is 5.13 Å². The molecule has 0 bridgehead atoms. The van der Waals surface area contributed by atoms with Crippen LogP contribution in [0.3, 0.4) is 0 Å². The van der Waals surface area contributed by atoms with Gasteiger partial charge in [0.1, 0.15) is 5.82 Å². The van der Waals surface area contributed by atoms with Crippen molar-refractivity contribution in [3.63, 3.8) is 0 Å². The SMILES string of the molecule is COCCN(C)C(=O)C1CCCN(c2nc(C(C)C)ns2)C1. The number of piperidine rings is 1. The second kappa shape index (κ2) is 7.87. The molecular weight excluding hydrogens is 300 g/mol. The number of aromatic nitrogens is 2. The van der Waals surface area contributed by atoms with Gasteiger partial charge in [-0.25, -0.2) is 4.98 Å². The number of carbonyl (C=O) groups excluding carboxylic acids is 1.